The van der Waals surface area contributed by atoms with Gasteiger partial charge in [0.1, 0.15) is 0 Å². The van der Waals surface area contributed by atoms with Crippen molar-refractivity contribution in [3.8, 4) is 0 Å². The number of aliphatic hydroxyl groups is 2. The van der Waals surface area contributed by atoms with Crippen molar-refractivity contribution in [1.82, 2.24) is 5.73 Å². The van der Waals surface area contributed by atoms with Crippen LogP contribution in [0.2, 0.25) is 0 Å². The normalized spacial score (nSPS) is 15.9. The summed E-state index contributed by atoms with van der Waals surface area (Å²) in [6.07, 6.45) is 2.88. The Hall–Kier alpha value is -0.900. The van der Waals surface area contributed by atoms with Crippen molar-refractivity contribution in [3.05, 3.63) is 34.9 Å². The van der Waals surface area contributed by atoms with Crippen LogP contribution in [-0.4, -0.2) is 10.2 Å². The van der Waals surface area contributed by atoms with Crippen molar-refractivity contribution in [2.45, 2.75) is 25.2 Å². The molecule has 1 radical (unpaired) electrons. The third-order valence-corrected chi connectivity index (χ3v) is 2.52. The number of hydrogen-bond donors (Lipinski definition) is 2. The first-order valence-electron chi connectivity index (χ1n) is 4.40. The maximum atomic E-state index is 9.18. The molecule has 0 heterocycles. The average Bonchev–Trinajstić information content (AvgIpc) is 2.48. The molecular formula is C10H12NO2. The Bertz CT molecular complexity index is 328. The highest BCUT2D eigenvalue weighted by Crippen LogP contribution is 2.29. The van der Waals surface area contributed by atoms with Gasteiger partial charge < -0.3 is 10.2 Å². The van der Waals surface area contributed by atoms with Gasteiger partial charge in [-0.05, 0) is 30.4 Å². The summed E-state index contributed by atoms with van der Waals surface area (Å²) in [6, 6.07) is 5.37. The molecule has 13 heavy (non-hydrogen) atoms. The van der Waals surface area contributed by atoms with Crippen molar-refractivity contribution in [2.75, 3.05) is 0 Å². The van der Waals surface area contributed by atoms with Crippen LogP contribution in [0.15, 0.2) is 18.2 Å². The molecule has 1 aliphatic carbocycles. The van der Waals surface area contributed by atoms with E-state index in [9.17, 15) is 10.2 Å². The molecule has 3 N–H and O–H groups in total. The van der Waals surface area contributed by atoms with Gasteiger partial charge in [-0.25, -0.2) is 0 Å². The van der Waals surface area contributed by atoms with Gasteiger partial charge in [-0.1, -0.05) is 18.2 Å². The lowest BCUT2D eigenvalue weighted by Gasteiger charge is -2.18. The molecule has 1 aromatic carbocycles. The maximum Gasteiger partial charge on any atom is 0.263 e. The fourth-order valence-corrected chi connectivity index (χ4v) is 1.95. The summed E-state index contributed by atoms with van der Waals surface area (Å²) in [5, 5.41) is 18.4. The Kier molecular flexibility index (Phi) is 1.87. The summed E-state index contributed by atoms with van der Waals surface area (Å²) in [5.74, 6) is -2.43. The second kappa shape index (κ2) is 2.80. The van der Waals surface area contributed by atoms with Crippen LogP contribution in [-0.2, 0) is 18.8 Å². The highest BCUT2D eigenvalue weighted by molar-refractivity contribution is 5.40. The lowest BCUT2D eigenvalue weighted by molar-refractivity contribution is -0.171. The van der Waals surface area contributed by atoms with Crippen LogP contribution in [0.4, 0.5) is 0 Å². The van der Waals surface area contributed by atoms with Crippen molar-refractivity contribution < 1.29 is 10.2 Å². The van der Waals surface area contributed by atoms with Crippen LogP contribution in [0.1, 0.15) is 23.1 Å². The van der Waals surface area contributed by atoms with E-state index in [0.717, 1.165) is 30.4 Å². The molecule has 0 fully saturated rings. The summed E-state index contributed by atoms with van der Waals surface area (Å²) in [4.78, 5) is 0. The summed E-state index contributed by atoms with van der Waals surface area (Å²) in [6.45, 7) is 0. The van der Waals surface area contributed by atoms with Crippen molar-refractivity contribution in [2.24, 2.45) is 0 Å². The van der Waals surface area contributed by atoms with Gasteiger partial charge in [0.05, 0.1) is 0 Å². The zero-order valence-corrected chi connectivity index (χ0v) is 7.25. The highest BCUT2D eigenvalue weighted by atomic mass is 16.5. The quantitative estimate of drug-likeness (QED) is 0.617. The van der Waals surface area contributed by atoms with Crippen molar-refractivity contribution in [3.63, 3.8) is 0 Å². The molecular weight excluding hydrogens is 166 g/mol. The fourth-order valence-electron chi connectivity index (χ4n) is 1.95. The fraction of sp³-hybridized carbons (Fsp3) is 0.400. The number of rotatable bonds is 1. The van der Waals surface area contributed by atoms with Gasteiger partial charge in [-0.15, -0.1) is 0 Å². The van der Waals surface area contributed by atoms with Crippen LogP contribution in [0.3, 0.4) is 0 Å². The Morgan fingerprint density at radius 3 is 2.69 bits per heavy atom. The summed E-state index contributed by atoms with van der Waals surface area (Å²) >= 11 is 0. The Balaban J connectivity index is 2.54. The maximum absolute atomic E-state index is 9.18. The Labute approximate surface area is 76.8 Å². The van der Waals surface area contributed by atoms with Gasteiger partial charge in [0, 0.05) is 5.56 Å². The molecule has 0 amide bonds. The zero-order valence-electron chi connectivity index (χ0n) is 7.25. The molecule has 3 nitrogen and oxygen atoms in total. The van der Waals surface area contributed by atoms with Gasteiger partial charge >= 0.3 is 0 Å². The van der Waals surface area contributed by atoms with Crippen LogP contribution in [0.5, 0.6) is 0 Å². The van der Waals surface area contributed by atoms with Gasteiger partial charge in [-0.2, -0.15) is 5.73 Å². The second-order valence-corrected chi connectivity index (χ2v) is 3.47. The molecule has 1 aliphatic rings. The molecule has 0 saturated heterocycles. The largest absolute Gasteiger partial charge is 0.349 e. The van der Waals surface area contributed by atoms with Crippen LogP contribution in [0, 0.1) is 0 Å². The first-order chi connectivity index (χ1) is 6.09. The number of hydrogen-bond acceptors (Lipinski definition) is 2. The smallest absolute Gasteiger partial charge is 0.263 e. The standard InChI is InChI=1S/C10H12NO2/c11-10(12,13)9-6-2-4-7-3-1-5-8(7)9/h2,4,6,11-13H,1,3,5H2. The second-order valence-electron chi connectivity index (χ2n) is 3.47. The van der Waals surface area contributed by atoms with E-state index in [1.54, 1.807) is 12.1 Å². The van der Waals surface area contributed by atoms with Gasteiger partial charge in [0.2, 0.25) is 0 Å². The van der Waals surface area contributed by atoms with E-state index >= 15 is 0 Å². The van der Waals surface area contributed by atoms with Crippen LogP contribution >= 0.6 is 0 Å². The zero-order chi connectivity index (χ0) is 9.47. The number of benzene rings is 1. The molecule has 0 saturated carbocycles. The molecule has 2 rings (SSSR count). The van der Waals surface area contributed by atoms with E-state index < -0.39 is 5.91 Å². The van der Waals surface area contributed by atoms with E-state index in [4.69, 9.17) is 5.73 Å². The molecule has 0 bridgehead atoms. The predicted molar refractivity (Wildman–Crippen MR) is 47.7 cm³/mol. The molecule has 0 atom stereocenters. The van der Waals surface area contributed by atoms with Crippen molar-refractivity contribution >= 4 is 0 Å². The monoisotopic (exact) mass is 178 g/mol. The minimum absolute atomic E-state index is 0.336. The minimum atomic E-state index is -2.43. The van der Waals surface area contributed by atoms with E-state index in [0.29, 0.717) is 5.56 Å². The molecule has 1 aromatic rings. The molecule has 0 spiro atoms. The molecule has 69 valence electrons. The van der Waals surface area contributed by atoms with E-state index in [1.165, 1.54) is 0 Å². The summed E-state index contributed by atoms with van der Waals surface area (Å²) in [7, 11) is 0. The number of aryl methyl sites for hydroxylation is 1. The van der Waals surface area contributed by atoms with E-state index in [-0.39, 0.29) is 0 Å². The Morgan fingerprint density at radius 2 is 2.00 bits per heavy atom. The third-order valence-electron chi connectivity index (χ3n) is 2.52. The van der Waals surface area contributed by atoms with Gasteiger partial charge in [0.15, 0.2) is 0 Å². The lowest BCUT2D eigenvalue weighted by Crippen LogP contribution is -2.27. The molecule has 3 heteroatoms. The number of nitrogens with one attached hydrogen (secondary N) is 1. The molecule has 0 unspecified atom stereocenters. The van der Waals surface area contributed by atoms with Crippen LogP contribution in [0.25, 0.3) is 0 Å². The van der Waals surface area contributed by atoms with E-state index in [1.807, 2.05) is 6.07 Å². The Morgan fingerprint density at radius 1 is 1.23 bits per heavy atom. The topological polar surface area (TPSA) is 64.3 Å². The van der Waals surface area contributed by atoms with Gasteiger partial charge in [-0.3, -0.25) is 0 Å². The average molecular weight is 178 g/mol. The molecule has 0 aliphatic heterocycles. The highest BCUT2D eigenvalue weighted by Gasteiger charge is 2.27. The molecule has 0 aromatic heterocycles. The van der Waals surface area contributed by atoms with Crippen molar-refractivity contribution in [1.29, 1.82) is 0 Å². The minimum Gasteiger partial charge on any atom is -0.349 e. The summed E-state index contributed by atoms with van der Waals surface area (Å²) < 4.78 is 0. The van der Waals surface area contributed by atoms with Crippen LogP contribution < -0.4 is 5.73 Å². The third kappa shape index (κ3) is 1.46. The van der Waals surface area contributed by atoms with E-state index in [2.05, 4.69) is 0 Å². The SMILES string of the molecule is [NH]C(O)(O)c1cccc2c1CCC2. The number of fused-ring (bicyclic) bond motifs is 1. The predicted octanol–water partition coefficient (Wildman–Crippen LogP) is 0.553. The first kappa shape index (κ1) is 8.69. The van der Waals surface area contributed by atoms with Gasteiger partial charge in [0.25, 0.3) is 5.91 Å². The lowest BCUT2D eigenvalue weighted by atomic mass is 10.0. The first-order valence-corrected chi connectivity index (χ1v) is 4.40. The summed E-state index contributed by atoms with van der Waals surface area (Å²) in [5.41, 5.74) is 9.59.